The van der Waals surface area contributed by atoms with Crippen LogP contribution in [0.3, 0.4) is 0 Å². The average molecular weight is 361 g/mol. The zero-order valence-corrected chi connectivity index (χ0v) is 16.5. The van der Waals surface area contributed by atoms with E-state index in [1.54, 1.807) is 0 Å². The van der Waals surface area contributed by atoms with Gasteiger partial charge in [-0.25, -0.2) is 4.79 Å². The zero-order chi connectivity index (χ0) is 19.4. The Morgan fingerprint density at radius 3 is 2.46 bits per heavy atom. The fraction of sp³-hybridized carbons (Fsp3) is 0.619. The summed E-state index contributed by atoms with van der Waals surface area (Å²) in [7, 11) is 0. The summed E-state index contributed by atoms with van der Waals surface area (Å²) in [5.74, 6) is -0.0407. The van der Waals surface area contributed by atoms with Gasteiger partial charge in [-0.05, 0) is 51.5 Å². The number of amides is 1. The highest BCUT2D eigenvalue weighted by Gasteiger charge is 2.49. The van der Waals surface area contributed by atoms with Crippen LogP contribution in [-0.2, 0) is 20.9 Å². The Morgan fingerprint density at radius 1 is 1.23 bits per heavy atom. The molecule has 0 radical (unpaired) electrons. The van der Waals surface area contributed by atoms with E-state index in [0.717, 1.165) is 12.0 Å². The lowest BCUT2D eigenvalue weighted by molar-refractivity contribution is -0.160. The first kappa shape index (κ1) is 20.3. The molecule has 1 saturated carbocycles. The number of carbonyl (C=O) groups excluding carboxylic acids is 2. The van der Waals surface area contributed by atoms with Crippen molar-refractivity contribution >= 4 is 12.1 Å². The third-order valence-corrected chi connectivity index (χ3v) is 4.99. The summed E-state index contributed by atoms with van der Waals surface area (Å²) in [6.45, 7) is 9.86. The van der Waals surface area contributed by atoms with Crippen LogP contribution >= 0.6 is 0 Å². The van der Waals surface area contributed by atoms with Gasteiger partial charge in [0.05, 0.1) is 5.41 Å². The molecule has 1 aliphatic rings. The van der Waals surface area contributed by atoms with E-state index in [2.05, 4.69) is 5.32 Å². The molecule has 0 aliphatic heterocycles. The van der Waals surface area contributed by atoms with Crippen molar-refractivity contribution in [1.82, 2.24) is 5.32 Å². The van der Waals surface area contributed by atoms with E-state index >= 15 is 0 Å². The number of alkyl carbamates (subject to hydrolysis) is 1. The van der Waals surface area contributed by atoms with Crippen LogP contribution in [-0.4, -0.2) is 23.7 Å². The molecule has 0 saturated heterocycles. The van der Waals surface area contributed by atoms with E-state index in [1.807, 2.05) is 65.0 Å². The first-order valence-corrected chi connectivity index (χ1v) is 9.33. The summed E-state index contributed by atoms with van der Waals surface area (Å²) in [5.41, 5.74) is -0.123. The third kappa shape index (κ3) is 5.23. The van der Waals surface area contributed by atoms with Gasteiger partial charge in [0.25, 0.3) is 0 Å². The van der Waals surface area contributed by atoms with Gasteiger partial charge in [0.2, 0.25) is 0 Å². The maximum atomic E-state index is 12.9. The van der Waals surface area contributed by atoms with E-state index in [4.69, 9.17) is 9.47 Å². The topological polar surface area (TPSA) is 64.6 Å². The van der Waals surface area contributed by atoms with Gasteiger partial charge in [0, 0.05) is 6.04 Å². The minimum Gasteiger partial charge on any atom is -0.460 e. The van der Waals surface area contributed by atoms with Crippen LogP contribution in [0.5, 0.6) is 0 Å². The van der Waals surface area contributed by atoms with Crippen molar-refractivity contribution in [2.45, 2.75) is 72.1 Å². The molecule has 1 aromatic rings. The predicted molar refractivity (Wildman–Crippen MR) is 101 cm³/mol. The number of carbonyl (C=O) groups is 2. The third-order valence-electron chi connectivity index (χ3n) is 4.99. The van der Waals surface area contributed by atoms with Crippen molar-refractivity contribution in [3.63, 3.8) is 0 Å². The molecule has 1 N–H and O–H groups in total. The summed E-state index contributed by atoms with van der Waals surface area (Å²) >= 11 is 0. The summed E-state index contributed by atoms with van der Waals surface area (Å²) in [6.07, 6.45) is 1.61. The lowest BCUT2D eigenvalue weighted by atomic mass is 9.75. The van der Waals surface area contributed by atoms with E-state index < -0.39 is 17.1 Å². The predicted octanol–water partition coefficient (Wildman–Crippen LogP) is 4.45. The Bertz CT molecular complexity index is 621. The Kier molecular flexibility index (Phi) is 6.32. The van der Waals surface area contributed by atoms with Crippen LogP contribution in [0.1, 0.15) is 59.4 Å². The molecule has 26 heavy (non-hydrogen) atoms. The van der Waals surface area contributed by atoms with Gasteiger partial charge in [-0.3, -0.25) is 4.79 Å². The molecule has 5 heteroatoms. The van der Waals surface area contributed by atoms with Crippen molar-refractivity contribution in [2.24, 2.45) is 11.3 Å². The second kappa shape index (κ2) is 8.11. The highest BCUT2D eigenvalue weighted by Crippen LogP contribution is 2.45. The maximum Gasteiger partial charge on any atom is 0.407 e. The molecule has 0 spiro atoms. The van der Waals surface area contributed by atoms with Gasteiger partial charge in [-0.1, -0.05) is 44.2 Å². The van der Waals surface area contributed by atoms with Crippen LogP contribution in [0.15, 0.2) is 30.3 Å². The lowest BCUT2D eigenvalue weighted by Crippen LogP contribution is -2.41. The van der Waals surface area contributed by atoms with Gasteiger partial charge in [-0.15, -0.1) is 0 Å². The van der Waals surface area contributed by atoms with Gasteiger partial charge < -0.3 is 14.8 Å². The lowest BCUT2D eigenvalue weighted by Gasteiger charge is -2.31. The summed E-state index contributed by atoms with van der Waals surface area (Å²) in [4.78, 5) is 24.9. The van der Waals surface area contributed by atoms with Crippen LogP contribution in [0.25, 0.3) is 0 Å². The van der Waals surface area contributed by atoms with E-state index in [-0.39, 0.29) is 24.5 Å². The molecular formula is C21H31NO4. The van der Waals surface area contributed by atoms with E-state index in [0.29, 0.717) is 12.8 Å². The van der Waals surface area contributed by atoms with Gasteiger partial charge in [0.1, 0.15) is 12.2 Å². The summed E-state index contributed by atoms with van der Waals surface area (Å²) in [6, 6.07) is 9.60. The molecule has 0 heterocycles. The van der Waals surface area contributed by atoms with Crippen LogP contribution in [0, 0.1) is 11.3 Å². The normalized spacial score (nSPS) is 22.9. The van der Waals surface area contributed by atoms with Crippen molar-refractivity contribution in [3.05, 3.63) is 35.9 Å². The van der Waals surface area contributed by atoms with Crippen LogP contribution in [0.4, 0.5) is 4.79 Å². The Morgan fingerprint density at radius 2 is 1.88 bits per heavy atom. The molecule has 1 fully saturated rings. The van der Waals surface area contributed by atoms with Gasteiger partial charge in [0.15, 0.2) is 0 Å². The van der Waals surface area contributed by atoms with E-state index in [9.17, 15) is 9.59 Å². The standard InChI is InChI=1S/C21H31NO4/c1-15(2)21(18(23)25-14-16-9-7-6-8-10-16)12-11-17(13-21)22-19(24)26-20(3,4)5/h6-10,15,17H,11-14H2,1-5H3,(H,22,24). The molecule has 2 unspecified atom stereocenters. The molecule has 0 bridgehead atoms. The van der Waals surface area contributed by atoms with Crippen molar-refractivity contribution in [2.75, 3.05) is 0 Å². The van der Waals surface area contributed by atoms with E-state index in [1.165, 1.54) is 0 Å². The molecule has 1 aromatic carbocycles. The van der Waals surface area contributed by atoms with Crippen molar-refractivity contribution in [1.29, 1.82) is 0 Å². The number of hydrogen-bond acceptors (Lipinski definition) is 4. The minimum absolute atomic E-state index is 0.0727. The van der Waals surface area contributed by atoms with Crippen molar-refractivity contribution < 1.29 is 19.1 Å². The number of hydrogen-bond donors (Lipinski definition) is 1. The smallest absolute Gasteiger partial charge is 0.407 e. The molecule has 1 amide bonds. The number of nitrogens with one attached hydrogen (secondary N) is 1. The van der Waals surface area contributed by atoms with Gasteiger partial charge in [-0.2, -0.15) is 0 Å². The highest BCUT2D eigenvalue weighted by atomic mass is 16.6. The number of rotatable bonds is 5. The molecule has 5 nitrogen and oxygen atoms in total. The second-order valence-corrected chi connectivity index (χ2v) is 8.46. The highest BCUT2D eigenvalue weighted by molar-refractivity contribution is 5.78. The van der Waals surface area contributed by atoms with Crippen LogP contribution in [0.2, 0.25) is 0 Å². The quantitative estimate of drug-likeness (QED) is 0.787. The summed E-state index contributed by atoms with van der Waals surface area (Å²) < 4.78 is 11.0. The largest absolute Gasteiger partial charge is 0.460 e. The molecule has 2 rings (SSSR count). The number of benzene rings is 1. The SMILES string of the molecule is CC(C)C1(C(=O)OCc2ccccc2)CCC(NC(=O)OC(C)(C)C)C1. The molecule has 144 valence electrons. The molecule has 2 atom stereocenters. The fourth-order valence-electron chi connectivity index (χ4n) is 3.49. The zero-order valence-electron chi connectivity index (χ0n) is 16.5. The minimum atomic E-state index is -0.561. The fourth-order valence-corrected chi connectivity index (χ4v) is 3.49. The second-order valence-electron chi connectivity index (χ2n) is 8.46. The molecular weight excluding hydrogens is 330 g/mol. The Balaban J connectivity index is 1.97. The number of esters is 1. The van der Waals surface area contributed by atoms with Crippen LogP contribution < -0.4 is 5.32 Å². The number of ether oxygens (including phenoxy) is 2. The molecule has 0 aromatic heterocycles. The average Bonchev–Trinajstić information content (AvgIpc) is 2.97. The Hall–Kier alpha value is -2.04. The first-order chi connectivity index (χ1) is 12.1. The Labute approximate surface area is 156 Å². The summed E-state index contributed by atoms with van der Waals surface area (Å²) in [5, 5.41) is 2.90. The maximum absolute atomic E-state index is 12.9. The van der Waals surface area contributed by atoms with Crippen molar-refractivity contribution in [3.8, 4) is 0 Å². The first-order valence-electron chi connectivity index (χ1n) is 9.33. The monoisotopic (exact) mass is 361 g/mol. The van der Waals surface area contributed by atoms with Gasteiger partial charge >= 0.3 is 12.1 Å². The molecule has 1 aliphatic carbocycles.